The lowest BCUT2D eigenvalue weighted by Gasteiger charge is -2.05. The number of aliphatic hydroxyl groups excluding tert-OH is 1. The summed E-state index contributed by atoms with van der Waals surface area (Å²) in [5.74, 6) is 0. The van der Waals surface area contributed by atoms with Crippen LogP contribution in [0.3, 0.4) is 0 Å². The van der Waals surface area contributed by atoms with Crippen LogP contribution in [0.2, 0.25) is 0 Å². The first kappa shape index (κ1) is 10.5. The summed E-state index contributed by atoms with van der Waals surface area (Å²) in [7, 11) is 0. The third kappa shape index (κ3) is 2.70. The van der Waals surface area contributed by atoms with Gasteiger partial charge in [0.1, 0.15) is 0 Å². The fraction of sp³-hybridized carbons (Fsp3) is 0.333. The molecule has 0 spiro atoms. The second-order valence-electron chi connectivity index (χ2n) is 3.53. The molecule has 0 aliphatic heterocycles. The monoisotopic (exact) mass is 221 g/mol. The van der Waals surface area contributed by atoms with Gasteiger partial charge in [0, 0.05) is 23.5 Å². The summed E-state index contributed by atoms with van der Waals surface area (Å²) in [5, 5.41) is 15.4. The molecule has 0 aliphatic rings. The van der Waals surface area contributed by atoms with Gasteiger partial charge in [0.25, 0.3) is 0 Å². The molecule has 0 radical (unpaired) electrons. The molecule has 0 bridgehead atoms. The average Bonchev–Trinajstić information content (AvgIpc) is 2.71. The maximum absolute atomic E-state index is 8.65. The van der Waals surface area contributed by atoms with Crippen molar-refractivity contribution in [1.29, 1.82) is 0 Å². The minimum Gasteiger partial charge on any atom is -0.396 e. The van der Waals surface area contributed by atoms with E-state index >= 15 is 0 Å². The Labute approximate surface area is 93.6 Å². The van der Waals surface area contributed by atoms with Crippen LogP contribution in [0.1, 0.15) is 12.8 Å². The van der Waals surface area contributed by atoms with Crippen molar-refractivity contribution in [3.05, 3.63) is 29.6 Å². The highest BCUT2D eigenvalue weighted by Crippen LogP contribution is 2.23. The summed E-state index contributed by atoms with van der Waals surface area (Å²) in [6, 6.07) is 8.57. The van der Waals surface area contributed by atoms with Crippen molar-refractivity contribution in [2.24, 2.45) is 0 Å². The maximum Gasteiger partial charge on any atom is 0.0431 e. The molecule has 2 aromatic rings. The van der Waals surface area contributed by atoms with Crippen LogP contribution < -0.4 is 5.32 Å². The largest absolute Gasteiger partial charge is 0.396 e. The lowest BCUT2D eigenvalue weighted by molar-refractivity contribution is 0.286. The minimum atomic E-state index is 0.283. The molecule has 2 N–H and O–H groups in total. The van der Waals surface area contributed by atoms with Crippen LogP contribution >= 0.6 is 11.3 Å². The predicted molar refractivity (Wildman–Crippen MR) is 66.6 cm³/mol. The van der Waals surface area contributed by atoms with Crippen molar-refractivity contribution in [2.75, 3.05) is 18.5 Å². The van der Waals surface area contributed by atoms with E-state index in [0.29, 0.717) is 0 Å². The Bertz CT molecular complexity index is 424. The Morgan fingerprint density at radius 3 is 3.00 bits per heavy atom. The standard InChI is InChI=1S/C12H15NOS/c14-7-2-1-6-13-11-3-4-12-10(9-11)5-8-15-12/h3-5,8-9,13-14H,1-2,6-7H2. The van der Waals surface area contributed by atoms with Crippen LogP contribution in [-0.2, 0) is 0 Å². The molecule has 0 fully saturated rings. The van der Waals surface area contributed by atoms with Gasteiger partial charge in [-0.15, -0.1) is 11.3 Å². The quantitative estimate of drug-likeness (QED) is 0.760. The number of benzene rings is 1. The molecular formula is C12H15NOS. The summed E-state index contributed by atoms with van der Waals surface area (Å²) < 4.78 is 1.33. The third-order valence-electron chi connectivity index (χ3n) is 2.37. The fourth-order valence-electron chi connectivity index (χ4n) is 1.55. The summed E-state index contributed by atoms with van der Waals surface area (Å²) >= 11 is 1.77. The van der Waals surface area contributed by atoms with E-state index in [1.165, 1.54) is 15.8 Å². The van der Waals surface area contributed by atoms with E-state index < -0.39 is 0 Å². The van der Waals surface area contributed by atoms with Crippen LogP contribution in [0.25, 0.3) is 10.1 Å². The van der Waals surface area contributed by atoms with Gasteiger partial charge in [0.15, 0.2) is 0 Å². The number of fused-ring (bicyclic) bond motifs is 1. The number of thiophene rings is 1. The van der Waals surface area contributed by atoms with E-state index in [0.717, 1.165) is 19.4 Å². The normalized spacial score (nSPS) is 10.7. The number of hydrogen-bond acceptors (Lipinski definition) is 3. The molecule has 0 saturated heterocycles. The highest BCUT2D eigenvalue weighted by Gasteiger charge is 1.96. The van der Waals surface area contributed by atoms with Gasteiger partial charge in [0.05, 0.1) is 0 Å². The van der Waals surface area contributed by atoms with Gasteiger partial charge >= 0.3 is 0 Å². The number of unbranched alkanes of at least 4 members (excludes halogenated alkanes) is 1. The molecule has 0 aliphatic carbocycles. The lowest BCUT2D eigenvalue weighted by atomic mass is 10.2. The molecule has 1 aromatic carbocycles. The first-order chi connectivity index (χ1) is 7.40. The second kappa shape index (κ2) is 5.14. The van der Waals surface area contributed by atoms with E-state index in [2.05, 4.69) is 35.0 Å². The number of rotatable bonds is 5. The Morgan fingerprint density at radius 1 is 1.20 bits per heavy atom. The summed E-state index contributed by atoms with van der Waals surface area (Å²) in [6.45, 7) is 1.21. The molecule has 0 atom stereocenters. The molecular weight excluding hydrogens is 206 g/mol. The molecule has 15 heavy (non-hydrogen) atoms. The van der Waals surface area contributed by atoms with Crippen LogP contribution in [0.4, 0.5) is 5.69 Å². The first-order valence-electron chi connectivity index (χ1n) is 5.22. The molecule has 0 amide bonds. The van der Waals surface area contributed by atoms with Crippen molar-refractivity contribution >= 4 is 27.1 Å². The molecule has 3 heteroatoms. The lowest BCUT2D eigenvalue weighted by Crippen LogP contribution is -2.01. The van der Waals surface area contributed by atoms with E-state index in [4.69, 9.17) is 5.11 Å². The SMILES string of the molecule is OCCCCNc1ccc2sccc2c1. The van der Waals surface area contributed by atoms with E-state index in [1.54, 1.807) is 11.3 Å². The van der Waals surface area contributed by atoms with Gasteiger partial charge in [-0.25, -0.2) is 0 Å². The van der Waals surface area contributed by atoms with Gasteiger partial charge in [-0.2, -0.15) is 0 Å². The Morgan fingerprint density at radius 2 is 2.13 bits per heavy atom. The van der Waals surface area contributed by atoms with Crippen molar-refractivity contribution in [3.63, 3.8) is 0 Å². The molecule has 0 saturated carbocycles. The molecule has 2 rings (SSSR count). The zero-order chi connectivity index (χ0) is 10.5. The van der Waals surface area contributed by atoms with E-state index in [9.17, 15) is 0 Å². The zero-order valence-corrected chi connectivity index (χ0v) is 9.39. The van der Waals surface area contributed by atoms with Gasteiger partial charge in [0.2, 0.25) is 0 Å². The fourth-order valence-corrected chi connectivity index (χ4v) is 2.32. The van der Waals surface area contributed by atoms with Crippen LogP contribution in [0, 0.1) is 0 Å². The highest BCUT2D eigenvalue weighted by molar-refractivity contribution is 7.17. The number of anilines is 1. The Balaban J connectivity index is 1.96. The van der Waals surface area contributed by atoms with Crippen LogP contribution in [0.15, 0.2) is 29.6 Å². The van der Waals surface area contributed by atoms with Gasteiger partial charge in [-0.1, -0.05) is 0 Å². The second-order valence-corrected chi connectivity index (χ2v) is 4.48. The van der Waals surface area contributed by atoms with Crippen molar-refractivity contribution < 1.29 is 5.11 Å². The number of aliphatic hydroxyl groups is 1. The Hall–Kier alpha value is -1.06. The summed E-state index contributed by atoms with van der Waals surface area (Å²) in [4.78, 5) is 0. The topological polar surface area (TPSA) is 32.3 Å². The maximum atomic E-state index is 8.65. The van der Waals surface area contributed by atoms with Crippen molar-refractivity contribution in [3.8, 4) is 0 Å². The van der Waals surface area contributed by atoms with Crippen LogP contribution in [-0.4, -0.2) is 18.3 Å². The highest BCUT2D eigenvalue weighted by atomic mass is 32.1. The number of hydrogen-bond donors (Lipinski definition) is 2. The van der Waals surface area contributed by atoms with Gasteiger partial charge in [-0.3, -0.25) is 0 Å². The molecule has 1 aromatic heterocycles. The van der Waals surface area contributed by atoms with E-state index in [1.807, 2.05) is 0 Å². The van der Waals surface area contributed by atoms with Crippen LogP contribution in [0.5, 0.6) is 0 Å². The molecule has 80 valence electrons. The summed E-state index contributed by atoms with van der Waals surface area (Å²) in [5.41, 5.74) is 1.17. The first-order valence-corrected chi connectivity index (χ1v) is 6.10. The Kier molecular flexibility index (Phi) is 3.59. The van der Waals surface area contributed by atoms with Gasteiger partial charge < -0.3 is 10.4 Å². The molecule has 0 unspecified atom stereocenters. The smallest absolute Gasteiger partial charge is 0.0431 e. The summed E-state index contributed by atoms with van der Waals surface area (Å²) in [6.07, 6.45) is 1.88. The zero-order valence-electron chi connectivity index (χ0n) is 8.57. The van der Waals surface area contributed by atoms with E-state index in [-0.39, 0.29) is 6.61 Å². The van der Waals surface area contributed by atoms with Crippen molar-refractivity contribution in [1.82, 2.24) is 0 Å². The average molecular weight is 221 g/mol. The third-order valence-corrected chi connectivity index (χ3v) is 3.26. The minimum absolute atomic E-state index is 0.283. The predicted octanol–water partition coefficient (Wildman–Crippen LogP) is 3.09. The van der Waals surface area contributed by atoms with Gasteiger partial charge in [-0.05, 0) is 47.9 Å². The molecule has 1 heterocycles. The molecule has 2 nitrogen and oxygen atoms in total. The number of nitrogens with one attached hydrogen (secondary N) is 1. The van der Waals surface area contributed by atoms with Crippen molar-refractivity contribution in [2.45, 2.75) is 12.8 Å².